The molecule has 1 aromatic rings. The van der Waals surface area contributed by atoms with Crippen molar-refractivity contribution in [2.75, 3.05) is 20.1 Å². The summed E-state index contributed by atoms with van der Waals surface area (Å²) >= 11 is 0. The first-order chi connectivity index (χ1) is 8.79. The standard InChI is InChI=1S/C15H26N2O/c1-3-8-16-10-15-14(7-9-18-15)12-17(2)11-13-5-4-6-13/h7,9,13,16H,3-6,8,10-12H2,1-2H3. The van der Waals surface area contributed by atoms with Crippen LogP contribution in [0.15, 0.2) is 16.7 Å². The van der Waals surface area contributed by atoms with E-state index < -0.39 is 0 Å². The van der Waals surface area contributed by atoms with Gasteiger partial charge in [-0.3, -0.25) is 0 Å². The smallest absolute Gasteiger partial charge is 0.122 e. The Hall–Kier alpha value is -0.800. The van der Waals surface area contributed by atoms with Crippen molar-refractivity contribution >= 4 is 0 Å². The number of hydrogen-bond donors (Lipinski definition) is 1. The molecule has 0 bridgehead atoms. The summed E-state index contributed by atoms with van der Waals surface area (Å²) in [6.45, 7) is 6.33. The van der Waals surface area contributed by atoms with Crippen LogP contribution in [-0.2, 0) is 13.1 Å². The fourth-order valence-electron chi connectivity index (χ4n) is 2.51. The average Bonchev–Trinajstić information content (AvgIpc) is 2.72. The lowest BCUT2D eigenvalue weighted by atomic mass is 9.85. The summed E-state index contributed by atoms with van der Waals surface area (Å²) in [7, 11) is 2.22. The van der Waals surface area contributed by atoms with Crippen LogP contribution in [0.5, 0.6) is 0 Å². The van der Waals surface area contributed by atoms with Gasteiger partial charge in [0.25, 0.3) is 0 Å². The van der Waals surface area contributed by atoms with Gasteiger partial charge >= 0.3 is 0 Å². The maximum Gasteiger partial charge on any atom is 0.122 e. The molecular weight excluding hydrogens is 224 g/mol. The van der Waals surface area contributed by atoms with Crippen LogP contribution >= 0.6 is 0 Å². The fourth-order valence-corrected chi connectivity index (χ4v) is 2.51. The van der Waals surface area contributed by atoms with Crippen molar-refractivity contribution in [1.82, 2.24) is 10.2 Å². The summed E-state index contributed by atoms with van der Waals surface area (Å²) in [4.78, 5) is 2.43. The topological polar surface area (TPSA) is 28.4 Å². The van der Waals surface area contributed by atoms with Crippen molar-refractivity contribution in [1.29, 1.82) is 0 Å². The third-order valence-electron chi connectivity index (χ3n) is 3.78. The average molecular weight is 250 g/mol. The van der Waals surface area contributed by atoms with Gasteiger partial charge in [0.05, 0.1) is 12.8 Å². The number of hydrogen-bond acceptors (Lipinski definition) is 3. The number of furan rings is 1. The van der Waals surface area contributed by atoms with Crippen LogP contribution < -0.4 is 5.32 Å². The molecule has 3 nitrogen and oxygen atoms in total. The van der Waals surface area contributed by atoms with Gasteiger partial charge in [0.2, 0.25) is 0 Å². The quantitative estimate of drug-likeness (QED) is 0.719. The summed E-state index contributed by atoms with van der Waals surface area (Å²) in [6.07, 6.45) is 7.24. The van der Waals surface area contributed by atoms with E-state index in [1.165, 1.54) is 31.4 Å². The third kappa shape index (κ3) is 3.85. The molecule has 1 aliphatic rings. The zero-order valence-electron chi connectivity index (χ0n) is 11.7. The van der Waals surface area contributed by atoms with E-state index in [1.807, 2.05) is 6.26 Å². The molecule has 18 heavy (non-hydrogen) atoms. The highest BCUT2D eigenvalue weighted by Crippen LogP contribution is 2.27. The van der Waals surface area contributed by atoms with E-state index >= 15 is 0 Å². The molecule has 0 saturated heterocycles. The van der Waals surface area contributed by atoms with Crippen LogP contribution in [0.2, 0.25) is 0 Å². The lowest BCUT2D eigenvalue weighted by molar-refractivity contribution is 0.199. The second-order valence-corrected chi connectivity index (χ2v) is 5.54. The van der Waals surface area contributed by atoms with E-state index in [2.05, 4.69) is 30.3 Å². The zero-order valence-corrected chi connectivity index (χ0v) is 11.7. The Morgan fingerprint density at radius 1 is 1.44 bits per heavy atom. The Kier molecular flexibility index (Phi) is 5.26. The molecule has 3 heteroatoms. The van der Waals surface area contributed by atoms with E-state index in [0.29, 0.717) is 0 Å². The number of rotatable bonds is 8. The summed E-state index contributed by atoms with van der Waals surface area (Å²) in [6, 6.07) is 2.11. The molecule has 1 saturated carbocycles. The predicted octanol–water partition coefficient (Wildman–Crippen LogP) is 3.01. The van der Waals surface area contributed by atoms with Gasteiger partial charge in [-0.2, -0.15) is 0 Å². The van der Waals surface area contributed by atoms with Crippen molar-refractivity contribution in [3.8, 4) is 0 Å². The van der Waals surface area contributed by atoms with Gasteiger partial charge in [-0.15, -0.1) is 0 Å². The van der Waals surface area contributed by atoms with Crippen LogP contribution in [0.4, 0.5) is 0 Å². The zero-order chi connectivity index (χ0) is 12.8. The molecule has 1 heterocycles. The molecular formula is C15H26N2O. The van der Waals surface area contributed by atoms with Gasteiger partial charge in [-0.05, 0) is 44.8 Å². The van der Waals surface area contributed by atoms with Gasteiger partial charge in [0.1, 0.15) is 5.76 Å². The summed E-state index contributed by atoms with van der Waals surface area (Å²) < 4.78 is 5.57. The largest absolute Gasteiger partial charge is 0.468 e. The van der Waals surface area contributed by atoms with E-state index in [9.17, 15) is 0 Å². The molecule has 0 unspecified atom stereocenters. The molecule has 0 aliphatic heterocycles. The monoisotopic (exact) mass is 250 g/mol. The molecule has 1 aliphatic carbocycles. The van der Waals surface area contributed by atoms with Crippen LogP contribution in [0, 0.1) is 5.92 Å². The van der Waals surface area contributed by atoms with Crippen molar-refractivity contribution in [3.05, 3.63) is 23.7 Å². The Balaban J connectivity index is 1.78. The van der Waals surface area contributed by atoms with E-state index in [1.54, 1.807) is 0 Å². The molecule has 0 amide bonds. The molecule has 1 N–H and O–H groups in total. The Morgan fingerprint density at radius 3 is 2.94 bits per heavy atom. The minimum atomic E-state index is 0.855. The van der Waals surface area contributed by atoms with Crippen LogP contribution in [0.25, 0.3) is 0 Å². The van der Waals surface area contributed by atoms with Crippen molar-refractivity contribution < 1.29 is 4.42 Å². The van der Waals surface area contributed by atoms with Crippen molar-refractivity contribution in [2.45, 2.75) is 45.7 Å². The van der Waals surface area contributed by atoms with E-state index in [4.69, 9.17) is 4.42 Å². The van der Waals surface area contributed by atoms with Crippen LogP contribution in [0.3, 0.4) is 0 Å². The molecule has 0 aromatic carbocycles. The van der Waals surface area contributed by atoms with Gasteiger partial charge in [0.15, 0.2) is 0 Å². The van der Waals surface area contributed by atoms with Crippen LogP contribution in [-0.4, -0.2) is 25.0 Å². The Bertz CT molecular complexity index is 344. The predicted molar refractivity (Wildman–Crippen MR) is 74.4 cm³/mol. The van der Waals surface area contributed by atoms with Gasteiger partial charge in [-0.25, -0.2) is 0 Å². The number of nitrogens with one attached hydrogen (secondary N) is 1. The molecule has 0 radical (unpaired) electrons. The van der Waals surface area contributed by atoms with Gasteiger partial charge in [0, 0.05) is 18.7 Å². The van der Waals surface area contributed by atoms with Gasteiger partial charge < -0.3 is 14.6 Å². The fraction of sp³-hybridized carbons (Fsp3) is 0.733. The molecule has 0 spiro atoms. The summed E-state index contributed by atoms with van der Waals surface area (Å²) in [5.74, 6) is 2.03. The lowest BCUT2D eigenvalue weighted by Gasteiger charge is -2.30. The highest BCUT2D eigenvalue weighted by atomic mass is 16.3. The first-order valence-corrected chi connectivity index (χ1v) is 7.24. The second kappa shape index (κ2) is 6.95. The highest BCUT2D eigenvalue weighted by Gasteiger charge is 2.19. The van der Waals surface area contributed by atoms with E-state index in [0.717, 1.165) is 37.7 Å². The maximum absolute atomic E-state index is 5.57. The first kappa shape index (κ1) is 13.6. The first-order valence-electron chi connectivity index (χ1n) is 7.24. The lowest BCUT2D eigenvalue weighted by Crippen LogP contribution is -2.29. The highest BCUT2D eigenvalue weighted by molar-refractivity contribution is 5.16. The van der Waals surface area contributed by atoms with E-state index in [-0.39, 0.29) is 0 Å². The van der Waals surface area contributed by atoms with Gasteiger partial charge in [-0.1, -0.05) is 13.3 Å². The maximum atomic E-state index is 5.57. The summed E-state index contributed by atoms with van der Waals surface area (Å²) in [5, 5.41) is 3.40. The van der Waals surface area contributed by atoms with Crippen molar-refractivity contribution in [3.63, 3.8) is 0 Å². The molecule has 0 atom stereocenters. The van der Waals surface area contributed by atoms with Crippen molar-refractivity contribution in [2.24, 2.45) is 5.92 Å². The molecule has 1 fully saturated rings. The molecule has 2 rings (SSSR count). The Labute approximate surface area is 111 Å². The second-order valence-electron chi connectivity index (χ2n) is 5.54. The summed E-state index contributed by atoms with van der Waals surface area (Å²) in [5.41, 5.74) is 1.33. The minimum absolute atomic E-state index is 0.855. The number of nitrogens with zero attached hydrogens (tertiary/aromatic N) is 1. The molecule has 1 aromatic heterocycles. The third-order valence-corrected chi connectivity index (χ3v) is 3.78. The Morgan fingerprint density at radius 2 is 2.28 bits per heavy atom. The normalized spacial score (nSPS) is 16.2. The van der Waals surface area contributed by atoms with Crippen LogP contribution in [0.1, 0.15) is 43.9 Å². The SMILES string of the molecule is CCCNCc1occc1CN(C)CC1CCC1. The minimum Gasteiger partial charge on any atom is -0.468 e. The molecule has 102 valence electrons.